The summed E-state index contributed by atoms with van der Waals surface area (Å²) >= 11 is 0. The van der Waals surface area contributed by atoms with Crippen molar-refractivity contribution >= 4 is 43.4 Å². The lowest BCUT2D eigenvalue weighted by Crippen LogP contribution is -2.00. The van der Waals surface area contributed by atoms with E-state index in [2.05, 4.69) is 179 Å². The van der Waals surface area contributed by atoms with E-state index >= 15 is 0 Å². The SMILES string of the molecule is c1ccc(-c2nc(-c3ccc(-c4ccncc4)cc3)nc(-c3ccc(-c4c5ccccc5c(-c5ccc6c(c5)c5ccccc5n6-c5ccccc5)c5ccccc45)cc3)n2)cc1. The molecule has 12 rings (SSSR count). The third kappa shape index (κ3) is 6.34. The summed E-state index contributed by atoms with van der Waals surface area (Å²) in [6, 6.07) is 75.2. The molecule has 0 saturated heterocycles. The summed E-state index contributed by atoms with van der Waals surface area (Å²) in [6.07, 6.45) is 3.62. The van der Waals surface area contributed by atoms with Crippen molar-refractivity contribution in [2.24, 2.45) is 0 Å². The third-order valence-corrected chi connectivity index (χ3v) is 12.2. The maximum absolute atomic E-state index is 5.07. The van der Waals surface area contributed by atoms with E-state index in [-0.39, 0.29) is 0 Å². The van der Waals surface area contributed by atoms with Crippen molar-refractivity contribution in [1.82, 2.24) is 24.5 Å². The van der Waals surface area contributed by atoms with Crippen LogP contribution in [0.4, 0.5) is 0 Å². The molecule has 12 aromatic rings. The minimum Gasteiger partial charge on any atom is -0.309 e. The highest BCUT2D eigenvalue weighted by Gasteiger charge is 2.20. The number of benzene rings is 9. The Balaban J connectivity index is 0.980. The normalized spacial score (nSPS) is 11.5. The molecule has 0 atom stereocenters. The van der Waals surface area contributed by atoms with Crippen LogP contribution in [0, 0.1) is 0 Å². The Labute approximate surface area is 364 Å². The highest BCUT2D eigenvalue weighted by molar-refractivity contribution is 6.22. The lowest BCUT2D eigenvalue weighted by Gasteiger charge is -2.18. The first-order valence-corrected chi connectivity index (χ1v) is 21.2. The summed E-state index contributed by atoms with van der Waals surface area (Å²) in [4.78, 5) is 19.3. The van der Waals surface area contributed by atoms with E-state index in [1.54, 1.807) is 0 Å². The largest absolute Gasteiger partial charge is 0.309 e. The quantitative estimate of drug-likeness (QED) is 0.151. The molecule has 0 saturated carbocycles. The highest BCUT2D eigenvalue weighted by Crippen LogP contribution is 2.45. The Hall–Kier alpha value is -8.54. The number of para-hydroxylation sites is 2. The molecule has 0 aliphatic carbocycles. The molecule has 0 unspecified atom stereocenters. The molecule has 0 fully saturated rings. The minimum atomic E-state index is 0.623. The van der Waals surface area contributed by atoms with Gasteiger partial charge in [-0.05, 0) is 97.4 Å². The van der Waals surface area contributed by atoms with Crippen LogP contribution in [0.25, 0.3) is 117 Å². The molecule has 0 aliphatic heterocycles. The van der Waals surface area contributed by atoms with Crippen LogP contribution in [0.1, 0.15) is 0 Å². The topological polar surface area (TPSA) is 56.5 Å². The predicted molar refractivity (Wildman–Crippen MR) is 260 cm³/mol. The van der Waals surface area contributed by atoms with Crippen LogP contribution >= 0.6 is 0 Å². The molecule has 3 aromatic heterocycles. The van der Waals surface area contributed by atoms with E-state index in [9.17, 15) is 0 Å². The Morgan fingerprint density at radius 2 is 0.667 bits per heavy atom. The van der Waals surface area contributed by atoms with Crippen LogP contribution in [-0.4, -0.2) is 24.5 Å². The van der Waals surface area contributed by atoms with Gasteiger partial charge in [-0.2, -0.15) is 0 Å². The smallest absolute Gasteiger partial charge is 0.164 e. The number of nitrogens with zero attached hydrogens (tertiary/aromatic N) is 5. The van der Waals surface area contributed by atoms with Gasteiger partial charge in [0.1, 0.15) is 0 Å². The molecular weight excluding hydrogens is 767 g/mol. The molecule has 9 aromatic carbocycles. The number of fused-ring (bicyclic) bond motifs is 5. The summed E-state index contributed by atoms with van der Waals surface area (Å²) in [7, 11) is 0. The van der Waals surface area contributed by atoms with Gasteiger partial charge >= 0.3 is 0 Å². The maximum Gasteiger partial charge on any atom is 0.164 e. The zero-order valence-electron chi connectivity index (χ0n) is 34.1. The summed E-state index contributed by atoms with van der Waals surface area (Å²) in [6.45, 7) is 0. The fraction of sp³-hybridized carbons (Fsp3) is 0. The van der Waals surface area contributed by atoms with Crippen LogP contribution in [-0.2, 0) is 0 Å². The Bertz CT molecular complexity index is 3580. The molecule has 0 N–H and O–H groups in total. The summed E-state index contributed by atoms with van der Waals surface area (Å²) in [5, 5.41) is 7.31. The highest BCUT2D eigenvalue weighted by atomic mass is 15.0. The molecule has 0 spiro atoms. The number of hydrogen-bond acceptors (Lipinski definition) is 4. The lowest BCUT2D eigenvalue weighted by molar-refractivity contribution is 1.07. The van der Waals surface area contributed by atoms with Crippen molar-refractivity contribution in [3.63, 3.8) is 0 Å². The Kier molecular flexibility index (Phi) is 8.75. The standard InChI is InChI=1S/C58H37N5/c1-3-13-41(14-4-1)56-60-57(42-27-23-38(24-28-42)39-33-35-59-36-34-39)62-58(61-56)43-29-25-40(26-30-43)54-47-18-7-9-20-49(47)55(50-21-10-8-19-48(50)54)44-31-32-53-51(37-44)46-17-11-12-22-52(46)63(53)45-15-5-2-6-16-45/h1-37H. The zero-order chi connectivity index (χ0) is 41.7. The first kappa shape index (κ1) is 36.3. The molecule has 5 nitrogen and oxygen atoms in total. The monoisotopic (exact) mass is 803 g/mol. The average molecular weight is 804 g/mol. The summed E-state index contributed by atoms with van der Waals surface area (Å²) < 4.78 is 2.37. The fourth-order valence-corrected chi connectivity index (χ4v) is 9.23. The number of rotatable bonds is 7. The fourth-order valence-electron chi connectivity index (χ4n) is 9.23. The molecule has 0 amide bonds. The Morgan fingerprint density at radius 3 is 1.24 bits per heavy atom. The van der Waals surface area contributed by atoms with Crippen LogP contribution in [0.5, 0.6) is 0 Å². The van der Waals surface area contributed by atoms with Gasteiger partial charge in [0.25, 0.3) is 0 Å². The van der Waals surface area contributed by atoms with Gasteiger partial charge in [0.05, 0.1) is 11.0 Å². The van der Waals surface area contributed by atoms with E-state index in [0.29, 0.717) is 17.5 Å². The third-order valence-electron chi connectivity index (χ3n) is 12.2. The molecule has 294 valence electrons. The summed E-state index contributed by atoms with van der Waals surface area (Å²) in [5.74, 6) is 1.88. The van der Waals surface area contributed by atoms with E-state index in [1.807, 2.05) is 54.9 Å². The van der Waals surface area contributed by atoms with Crippen LogP contribution in [0.15, 0.2) is 225 Å². The number of hydrogen-bond donors (Lipinski definition) is 0. The zero-order valence-corrected chi connectivity index (χ0v) is 34.1. The lowest BCUT2D eigenvalue weighted by atomic mass is 9.85. The minimum absolute atomic E-state index is 0.623. The van der Waals surface area contributed by atoms with Crippen molar-refractivity contribution in [3.05, 3.63) is 225 Å². The predicted octanol–water partition coefficient (Wildman–Crippen LogP) is 14.7. The second-order valence-electron chi connectivity index (χ2n) is 15.8. The van der Waals surface area contributed by atoms with Gasteiger partial charge in [0, 0.05) is 45.5 Å². The van der Waals surface area contributed by atoms with Crippen molar-refractivity contribution in [1.29, 1.82) is 0 Å². The molecular formula is C58H37N5. The van der Waals surface area contributed by atoms with Gasteiger partial charge in [0.15, 0.2) is 17.5 Å². The summed E-state index contributed by atoms with van der Waals surface area (Å²) in [5.41, 5.74) is 13.3. The van der Waals surface area contributed by atoms with Gasteiger partial charge in [0.2, 0.25) is 0 Å². The Morgan fingerprint density at radius 1 is 0.270 bits per heavy atom. The van der Waals surface area contributed by atoms with E-state index in [0.717, 1.165) is 39.1 Å². The molecule has 3 heterocycles. The number of pyridine rings is 1. The van der Waals surface area contributed by atoms with Crippen LogP contribution in [0.2, 0.25) is 0 Å². The molecule has 0 radical (unpaired) electrons. The second kappa shape index (κ2) is 15.2. The van der Waals surface area contributed by atoms with Crippen molar-refractivity contribution in [3.8, 4) is 73.2 Å². The van der Waals surface area contributed by atoms with Crippen LogP contribution < -0.4 is 0 Å². The second-order valence-corrected chi connectivity index (χ2v) is 15.8. The average Bonchev–Trinajstić information content (AvgIpc) is 3.70. The molecule has 63 heavy (non-hydrogen) atoms. The van der Waals surface area contributed by atoms with E-state index < -0.39 is 0 Å². The number of aromatic nitrogens is 5. The first-order chi connectivity index (χ1) is 31.2. The van der Waals surface area contributed by atoms with E-state index in [1.165, 1.54) is 60.0 Å². The van der Waals surface area contributed by atoms with Gasteiger partial charge in [-0.15, -0.1) is 0 Å². The van der Waals surface area contributed by atoms with Gasteiger partial charge in [-0.3, -0.25) is 4.98 Å². The molecule has 5 heteroatoms. The first-order valence-electron chi connectivity index (χ1n) is 21.2. The van der Waals surface area contributed by atoms with Gasteiger partial charge < -0.3 is 4.57 Å². The molecule has 0 aliphatic rings. The van der Waals surface area contributed by atoms with Gasteiger partial charge in [-0.25, -0.2) is 15.0 Å². The van der Waals surface area contributed by atoms with Crippen LogP contribution in [0.3, 0.4) is 0 Å². The van der Waals surface area contributed by atoms with Crippen molar-refractivity contribution in [2.45, 2.75) is 0 Å². The van der Waals surface area contributed by atoms with Crippen molar-refractivity contribution < 1.29 is 0 Å². The van der Waals surface area contributed by atoms with Gasteiger partial charge in [-0.1, -0.05) is 170 Å². The van der Waals surface area contributed by atoms with Crippen molar-refractivity contribution in [2.75, 3.05) is 0 Å². The molecule has 0 bridgehead atoms. The maximum atomic E-state index is 5.07. The van der Waals surface area contributed by atoms with E-state index in [4.69, 9.17) is 15.0 Å².